The molecule has 5 nitrogen and oxygen atoms in total. The second-order valence-electron chi connectivity index (χ2n) is 2.72. The predicted octanol–water partition coefficient (Wildman–Crippen LogP) is -0.241. The van der Waals surface area contributed by atoms with Crippen LogP contribution in [-0.4, -0.2) is 23.1 Å². The van der Waals surface area contributed by atoms with Gasteiger partial charge in [-0.2, -0.15) is 0 Å². The number of rotatable bonds is 4. The lowest BCUT2D eigenvalue weighted by Gasteiger charge is -2.13. The predicted molar refractivity (Wildman–Crippen MR) is 46.7 cm³/mol. The van der Waals surface area contributed by atoms with E-state index in [1.165, 1.54) is 0 Å². The van der Waals surface area contributed by atoms with E-state index in [1.54, 1.807) is 6.92 Å². The maximum atomic E-state index is 10.6. The highest BCUT2D eigenvalue weighted by Crippen LogP contribution is 2.11. The van der Waals surface area contributed by atoms with Gasteiger partial charge in [-0.3, -0.25) is 0 Å². The molecule has 70 valence electrons. The number of carboxylic acids is 1. The summed E-state index contributed by atoms with van der Waals surface area (Å²) in [6.45, 7) is 3.69. The molecule has 0 aliphatic carbocycles. The molecule has 0 aromatic rings. The Kier molecular flexibility index (Phi) is 4.10. The molecule has 0 saturated heterocycles. The van der Waals surface area contributed by atoms with Crippen LogP contribution >= 0.6 is 0 Å². The zero-order valence-corrected chi connectivity index (χ0v) is 7.32. The van der Waals surface area contributed by atoms with Gasteiger partial charge in [0, 0.05) is 0 Å². The Bertz CT molecular complexity index is 187. The van der Waals surface area contributed by atoms with Crippen molar-refractivity contribution in [2.24, 2.45) is 22.4 Å². The Morgan fingerprint density at radius 2 is 2.08 bits per heavy atom. The average Bonchev–Trinajstić information content (AvgIpc) is 1.98. The van der Waals surface area contributed by atoms with Crippen LogP contribution < -0.4 is 11.5 Å². The Balaban J connectivity index is 4.44. The molecule has 0 amide bonds. The van der Waals surface area contributed by atoms with Crippen molar-refractivity contribution in [2.45, 2.75) is 26.3 Å². The van der Waals surface area contributed by atoms with Crippen LogP contribution in [0.2, 0.25) is 0 Å². The Morgan fingerprint density at radius 3 is 2.33 bits per heavy atom. The van der Waals surface area contributed by atoms with Crippen LogP contribution in [0.4, 0.5) is 0 Å². The number of hydrogen-bond donors (Lipinski definition) is 3. The lowest BCUT2D eigenvalue weighted by Crippen LogP contribution is -2.32. The fraction of sp³-hybridized carbons (Fsp3) is 0.714. The van der Waals surface area contributed by atoms with E-state index < -0.39 is 12.0 Å². The molecule has 0 rings (SSSR count). The summed E-state index contributed by atoms with van der Waals surface area (Å²) in [5, 5.41) is 8.71. The minimum atomic E-state index is -0.988. The van der Waals surface area contributed by atoms with E-state index in [0.717, 1.165) is 6.42 Å². The number of carboxylic acid groups (broad SMARTS) is 1. The molecular weight excluding hydrogens is 158 g/mol. The molecule has 0 radical (unpaired) electrons. The SMILES string of the molecule is CC[C@H](C)[C@H](N=C(N)N)C(=O)O. The van der Waals surface area contributed by atoms with E-state index in [2.05, 4.69) is 4.99 Å². The quantitative estimate of drug-likeness (QED) is 0.403. The fourth-order valence-corrected chi connectivity index (χ4v) is 0.810. The van der Waals surface area contributed by atoms with Crippen molar-refractivity contribution in [1.29, 1.82) is 0 Å². The highest BCUT2D eigenvalue weighted by Gasteiger charge is 2.22. The van der Waals surface area contributed by atoms with Crippen LogP contribution in [0.5, 0.6) is 0 Å². The molecule has 0 heterocycles. The molecule has 0 spiro atoms. The van der Waals surface area contributed by atoms with Gasteiger partial charge in [0.05, 0.1) is 0 Å². The molecular formula is C7H15N3O2. The highest BCUT2D eigenvalue weighted by atomic mass is 16.4. The maximum absolute atomic E-state index is 10.6. The number of nitrogens with two attached hydrogens (primary N) is 2. The molecule has 0 saturated carbocycles. The van der Waals surface area contributed by atoms with Crippen molar-refractivity contribution in [1.82, 2.24) is 0 Å². The van der Waals surface area contributed by atoms with Crippen LogP contribution in [-0.2, 0) is 4.79 Å². The number of nitrogens with zero attached hydrogens (tertiary/aromatic N) is 1. The Morgan fingerprint density at radius 1 is 1.58 bits per heavy atom. The van der Waals surface area contributed by atoms with Crippen LogP contribution in [0.3, 0.4) is 0 Å². The monoisotopic (exact) mass is 173 g/mol. The maximum Gasteiger partial charge on any atom is 0.328 e. The van der Waals surface area contributed by atoms with Gasteiger partial charge in [0.2, 0.25) is 0 Å². The molecule has 0 aliphatic rings. The van der Waals surface area contributed by atoms with Gasteiger partial charge in [-0.1, -0.05) is 20.3 Å². The first kappa shape index (κ1) is 10.7. The molecule has 0 aliphatic heterocycles. The molecule has 0 fully saturated rings. The van der Waals surface area contributed by atoms with Gasteiger partial charge in [0.25, 0.3) is 0 Å². The van der Waals surface area contributed by atoms with Gasteiger partial charge in [0.1, 0.15) is 0 Å². The van der Waals surface area contributed by atoms with E-state index in [9.17, 15) is 4.79 Å². The first-order valence-corrected chi connectivity index (χ1v) is 3.80. The number of guanidine groups is 1. The fourth-order valence-electron chi connectivity index (χ4n) is 0.810. The molecule has 5 N–H and O–H groups in total. The summed E-state index contributed by atoms with van der Waals surface area (Å²) in [6, 6.07) is -0.819. The van der Waals surface area contributed by atoms with E-state index in [1.807, 2.05) is 6.92 Å². The molecule has 0 bridgehead atoms. The summed E-state index contributed by atoms with van der Waals surface area (Å²) in [4.78, 5) is 14.2. The Labute approximate surface area is 71.5 Å². The molecule has 0 unspecified atom stereocenters. The van der Waals surface area contributed by atoms with Gasteiger partial charge < -0.3 is 16.6 Å². The zero-order chi connectivity index (χ0) is 9.72. The highest BCUT2D eigenvalue weighted by molar-refractivity contribution is 5.81. The van der Waals surface area contributed by atoms with Gasteiger partial charge in [-0.15, -0.1) is 0 Å². The van der Waals surface area contributed by atoms with Gasteiger partial charge >= 0.3 is 5.97 Å². The normalized spacial score (nSPS) is 14.8. The average molecular weight is 173 g/mol. The summed E-state index contributed by atoms with van der Waals surface area (Å²) in [5.74, 6) is -1.22. The van der Waals surface area contributed by atoms with Crippen molar-refractivity contribution in [3.63, 3.8) is 0 Å². The van der Waals surface area contributed by atoms with Crippen molar-refractivity contribution in [2.75, 3.05) is 0 Å². The molecule has 0 aromatic heterocycles. The van der Waals surface area contributed by atoms with Gasteiger partial charge in [0.15, 0.2) is 12.0 Å². The smallest absolute Gasteiger partial charge is 0.328 e. The van der Waals surface area contributed by atoms with Crippen LogP contribution in [0.25, 0.3) is 0 Å². The molecule has 0 aromatic carbocycles. The third-order valence-electron chi connectivity index (χ3n) is 1.72. The molecule has 12 heavy (non-hydrogen) atoms. The van der Waals surface area contributed by atoms with E-state index in [-0.39, 0.29) is 11.9 Å². The lowest BCUT2D eigenvalue weighted by atomic mass is 10.0. The minimum absolute atomic E-state index is 0.0513. The minimum Gasteiger partial charge on any atom is -0.480 e. The number of aliphatic imine (C=N–C) groups is 1. The summed E-state index contributed by atoms with van der Waals surface area (Å²) in [7, 11) is 0. The van der Waals surface area contributed by atoms with E-state index >= 15 is 0 Å². The van der Waals surface area contributed by atoms with Crippen LogP contribution in [0.15, 0.2) is 4.99 Å². The standard InChI is InChI=1S/C7H15N3O2/c1-3-4(2)5(6(11)12)10-7(8)9/h4-5H,3H2,1-2H3,(H,11,12)(H4,8,9,10)/t4-,5-/m0/s1. The van der Waals surface area contributed by atoms with Crippen molar-refractivity contribution < 1.29 is 9.90 Å². The number of hydrogen-bond acceptors (Lipinski definition) is 2. The summed E-state index contributed by atoms with van der Waals surface area (Å²) < 4.78 is 0. The lowest BCUT2D eigenvalue weighted by molar-refractivity contribution is -0.139. The van der Waals surface area contributed by atoms with Crippen molar-refractivity contribution in [3.8, 4) is 0 Å². The van der Waals surface area contributed by atoms with Crippen molar-refractivity contribution in [3.05, 3.63) is 0 Å². The topological polar surface area (TPSA) is 102 Å². The molecule has 5 heteroatoms. The van der Waals surface area contributed by atoms with Crippen LogP contribution in [0.1, 0.15) is 20.3 Å². The number of aliphatic carboxylic acids is 1. The van der Waals surface area contributed by atoms with Gasteiger partial charge in [-0.05, 0) is 5.92 Å². The van der Waals surface area contributed by atoms with Gasteiger partial charge in [-0.25, -0.2) is 9.79 Å². The van der Waals surface area contributed by atoms with E-state index in [4.69, 9.17) is 16.6 Å². The summed E-state index contributed by atoms with van der Waals surface area (Å²) in [5.41, 5.74) is 10.2. The third kappa shape index (κ3) is 3.23. The molecule has 2 atom stereocenters. The Hall–Kier alpha value is -1.26. The first-order valence-electron chi connectivity index (χ1n) is 3.80. The second-order valence-corrected chi connectivity index (χ2v) is 2.72. The summed E-state index contributed by atoms with van der Waals surface area (Å²) in [6.07, 6.45) is 0.730. The first-order chi connectivity index (χ1) is 5.49. The van der Waals surface area contributed by atoms with Crippen LogP contribution in [0, 0.1) is 5.92 Å². The van der Waals surface area contributed by atoms with E-state index in [0.29, 0.717) is 0 Å². The second kappa shape index (κ2) is 4.58. The zero-order valence-electron chi connectivity index (χ0n) is 7.32. The third-order valence-corrected chi connectivity index (χ3v) is 1.72. The summed E-state index contributed by atoms with van der Waals surface area (Å²) >= 11 is 0. The largest absolute Gasteiger partial charge is 0.480 e. The number of carbonyl (C=O) groups is 1. The van der Waals surface area contributed by atoms with Crippen molar-refractivity contribution >= 4 is 11.9 Å².